The van der Waals surface area contributed by atoms with Gasteiger partial charge in [-0.3, -0.25) is 9.59 Å². The summed E-state index contributed by atoms with van der Waals surface area (Å²) in [5, 5.41) is 4.07. The molecule has 2 aromatic heterocycles. The molecule has 4 rings (SSSR count). The van der Waals surface area contributed by atoms with Gasteiger partial charge in [0.2, 0.25) is 0 Å². The zero-order valence-corrected chi connectivity index (χ0v) is 15.9. The highest BCUT2D eigenvalue weighted by molar-refractivity contribution is 5.92. The van der Waals surface area contributed by atoms with Crippen molar-refractivity contribution in [3.05, 3.63) is 82.3 Å². The van der Waals surface area contributed by atoms with Gasteiger partial charge in [-0.1, -0.05) is 30.3 Å². The largest absolute Gasteiger partial charge is 0.337 e. The molecular weight excluding hydrogens is 354 g/mol. The van der Waals surface area contributed by atoms with E-state index >= 15 is 0 Å². The molecule has 1 aliphatic rings. The summed E-state index contributed by atoms with van der Waals surface area (Å²) in [6.07, 6.45) is 5.60. The molecule has 0 atom stereocenters. The summed E-state index contributed by atoms with van der Waals surface area (Å²) in [5.74, 6) is 1.29. The third-order valence-corrected chi connectivity index (χ3v) is 5.27. The standard InChI is InChI=1S/C21H23N5O2/c1-24-19(27)8-7-18(23-24)21(28)25-12-9-17(10-13-25)20-22-11-14-26(20)15-16-5-3-2-4-6-16/h2-8,11,14,17H,9-10,12-13,15H2,1H3. The SMILES string of the molecule is Cn1nc(C(=O)N2CCC(c3nccn3Cc3ccccc3)CC2)ccc1=O. The zero-order chi connectivity index (χ0) is 19.5. The van der Waals surface area contributed by atoms with Gasteiger partial charge in [0, 0.05) is 51.1 Å². The number of benzene rings is 1. The molecule has 0 spiro atoms. The van der Waals surface area contributed by atoms with Crippen LogP contribution in [0.4, 0.5) is 0 Å². The molecule has 3 heterocycles. The number of aromatic nitrogens is 4. The first kappa shape index (κ1) is 18.2. The molecule has 3 aromatic rings. The van der Waals surface area contributed by atoms with Crippen molar-refractivity contribution >= 4 is 5.91 Å². The molecule has 0 radical (unpaired) electrons. The Morgan fingerprint density at radius 3 is 2.57 bits per heavy atom. The Bertz CT molecular complexity index is 1020. The number of hydrogen-bond donors (Lipinski definition) is 0. The van der Waals surface area contributed by atoms with E-state index in [0.29, 0.717) is 24.7 Å². The molecule has 0 N–H and O–H groups in total. The summed E-state index contributed by atoms with van der Waals surface area (Å²) in [6.45, 7) is 2.12. The number of carbonyl (C=O) groups excluding carboxylic acids is 1. The highest BCUT2D eigenvalue weighted by Gasteiger charge is 2.27. The monoisotopic (exact) mass is 377 g/mol. The number of likely N-dealkylation sites (tertiary alicyclic amines) is 1. The number of piperidine rings is 1. The highest BCUT2D eigenvalue weighted by atomic mass is 16.2. The van der Waals surface area contributed by atoms with Gasteiger partial charge in [0.15, 0.2) is 0 Å². The third kappa shape index (κ3) is 3.74. The van der Waals surface area contributed by atoms with E-state index in [9.17, 15) is 9.59 Å². The maximum Gasteiger partial charge on any atom is 0.274 e. The molecule has 1 amide bonds. The van der Waals surface area contributed by atoms with Crippen LogP contribution in [0.1, 0.15) is 40.6 Å². The number of nitrogens with zero attached hydrogens (tertiary/aromatic N) is 5. The fraction of sp³-hybridized carbons (Fsp3) is 0.333. The molecule has 1 aromatic carbocycles. The van der Waals surface area contributed by atoms with Crippen LogP contribution in [0.2, 0.25) is 0 Å². The number of carbonyl (C=O) groups is 1. The minimum absolute atomic E-state index is 0.123. The second kappa shape index (κ2) is 7.80. The Morgan fingerprint density at radius 2 is 1.86 bits per heavy atom. The summed E-state index contributed by atoms with van der Waals surface area (Å²) in [7, 11) is 1.55. The lowest BCUT2D eigenvalue weighted by atomic mass is 9.95. The molecule has 144 valence electrons. The highest BCUT2D eigenvalue weighted by Crippen LogP contribution is 2.28. The topological polar surface area (TPSA) is 73.0 Å². The van der Waals surface area contributed by atoms with Crippen molar-refractivity contribution in [3.63, 3.8) is 0 Å². The van der Waals surface area contributed by atoms with Crippen LogP contribution >= 0.6 is 0 Å². The molecule has 0 bridgehead atoms. The first-order valence-electron chi connectivity index (χ1n) is 9.50. The maximum atomic E-state index is 12.7. The Hall–Kier alpha value is -3.22. The maximum absolute atomic E-state index is 12.7. The fourth-order valence-electron chi connectivity index (χ4n) is 3.71. The lowest BCUT2D eigenvalue weighted by Gasteiger charge is -2.31. The number of imidazole rings is 1. The smallest absolute Gasteiger partial charge is 0.274 e. The van der Waals surface area contributed by atoms with Crippen LogP contribution in [0.15, 0.2) is 59.7 Å². The quantitative estimate of drug-likeness (QED) is 0.698. The van der Waals surface area contributed by atoms with Gasteiger partial charge in [-0.2, -0.15) is 5.10 Å². The second-order valence-electron chi connectivity index (χ2n) is 7.15. The van der Waals surface area contributed by atoms with Gasteiger partial charge in [0.25, 0.3) is 11.5 Å². The zero-order valence-electron chi connectivity index (χ0n) is 15.9. The normalized spacial score (nSPS) is 15.0. The van der Waals surface area contributed by atoms with Gasteiger partial charge in [-0.15, -0.1) is 0 Å². The van der Waals surface area contributed by atoms with E-state index in [0.717, 1.165) is 25.2 Å². The Balaban J connectivity index is 1.42. The van der Waals surface area contributed by atoms with Gasteiger partial charge in [-0.25, -0.2) is 9.67 Å². The predicted molar refractivity (Wildman–Crippen MR) is 105 cm³/mol. The van der Waals surface area contributed by atoms with Gasteiger partial charge in [0.1, 0.15) is 11.5 Å². The van der Waals surface area contributed by atoms with Crippen molar-refractivity contribution < 1.29 is 4.79 Å². The van der Waals surface area contributed by atoms with Crippen molar-refractivity contribution in [1.29, 1.82) is 0 Å². The summed E-state index contributed by atoms with van der Waals surface area (Å²) in [5.41, 5.74) is 1.33. The van der Waals surface area contributed by atoms with Crippen LogP contribution in [0.25, 0.3) is 0 Å². The number of aryl methyl sites for hydroxylation is 1. The number of rotatable bonds is 4. The van der Waals surface area contributed by atoms with Crippen molar-refractivity contribution in [1.82, 2.24) is 24.2 Å². The van der Waals surface area contributed by atoms with E-state index in [1.54, 1.807) is 7.05 Å². The molecule has 1 saturated heterocycles. The first-order chi connectivity index (χ1) is 13.6. The Labute approximate surface area is 163 Å². The van der Waals surface area contributed by atoms with Crippen LogP contribution in [0.5, 0.6) is 0 Å². The molecule has 7 nitrogen and oxygen atoms in total. The lowest BCUT2D eigenvalue weighted by Crippen LogP contribution is -2.39. The third-order valence-electron chi connectivity index (χ3n) is 5.27. The Kier molecular flexibility index (Phi) is 5.06. The average molecular weight is 377 g/mol. The van der Waals surface area contributed by atoms with Crippen LogP contribution < -0.4 is 5.56 Å². The number of hydrogen-bond acceptors (Lipinski definition) is 4. The summed E-state index contributed by atoms with van der Waals surface area (Å²) in [6, 6.07) is 13.2. The van der Waals surface area contributed by atoms with Crippen LogP contribution in [-0.2, 0) is 13.6 Å². The summed E-state index contributed by atoms with van der Waals surface area (Å²) >= 11 is 0. The van der Waals surface area contributed by atoms with E-state index in [2.05, 4.69) is 26.8 Å². The molecule has 1 aliphatic heterocycles. The lowest BCUT2D eigenvalue weighted by molar-refractivity contribution is 0.0702. The predicted octanol–water partition coefficient (Wildman–Crippen LogP) is 2.04. The molecule has 0 saturated carbocycles. The van der Waals surface area contributed by atoms with Gasteiger partial charge in [0.05, 0.1) is 0 Å². The average Bonchev–Trinajstić information content (AvgIpc) is 3.18. The van der Waals surface area contributed by atoms with E-state index in [1.807, 2.05) is 35.5 Å². The minimum Gasteiger partial charge on any atom is -0.337 e. The van der Waals surface area contributed by atoms with Crippen molar-refractivity contribution in [3.8, 4) is 0 Å². The summed E-state index contributed by atoms with van der Waals surface area (Å²) in [4.78, 5) is 30.6. The molecule has 1 fully saturated rings. The van der Waals surface area contributed by atoms with Crippen LogP contribution in [0, 0.1) is 0 Å². The second-order valence-corrected chi connectivity index (χ2v) is 7.15. The fourth-order valence-corrected chi connectivity index (χ4v) is 3.71. The molecular formula is C21H23N5O2. The Morgan fingerprint density at radius 1 is 1.11 bits per heavy atom. The van der Waals surface area contributed by atoms with Crippen molar-refractivity contribution in [2.75, 3.05) is 13.1 Å². The van der Waals surface area contributed by atoms with Crippen molar-refractivity contribution in [2.24, 2.45) is 7.05 Å². The molecule has 7 heteroatoms. The molecule has 28 heavy (non-hydrogen) atoms. The first-order valence-corrected chi connectivity index (χ1v) is 9.50. The minimum atomic E-state index is -0.222. The van der Waals surface area contributed by atoms with Gasteiger partial charge in [-0.05, 0) is 24.5 Å². The number of amides is 1. The van der Waals surface area contributed by atoms with Crippen molar-refractivity contribution in [2.45, 2.75) is 25.3 Å². The summed E-state index contributed by atoms with van der Waals surface area (Å²) < 4.78 is 3.40. The van der Waals surface area contributed by atoms with Crippen LogP contribution in [0.3, 0.4) is 0 Å². The molecule has 0 unspecified atom stereocenters. The van der Waals surface area contributed by atoms with E-state index in [4.69, 9.17) is 0 Å². The van der Waals surface area contributed by atoms with E-state index in [-0.39, 0.29) is 11.5 Å². The molecule has 0 aliphatic carbocycles. The van der Waals surface area contributed by atoms with E-state index in [1.165, 1.54) is 22.4 Å². The van der Waals surface area contributed by atoms with E-state index < -0.39 is 0 Å². The van der Waals surface area contributed by atoms with Gasteiger partial charge < -0.3 is 9.47 Å². The van der Waals surface area contributed by atoms with Crippen LogP contribution in [-0.4, -0.2) is 43.2 Å². The van der Waals surface area contributed by atoms with Gasteiger partial charge >= 0.3 is 0 Å².